The molecule has 0 aliphatic rings. The fraction of sp³-hybridized carbons (Fsp3) is 0.455. The highest BCUT2D eigenvalue weighted by atomic mass is 32.2. The maximum absolute atomic E-state index is 9.54. The number of hydrogen-bond donors (Lipinski definition) is 2. The van der Waals surface area contributed by atoms with Crippen molar-refractivity contribution in [1.82, 2.24) is 24.5 Å². The van der Waals surface area contributed by atoms with Gasteiger partial charge in [-0.15, -0.1) is 0 Å². The van der Waals surface area contributed by atoms with E-state index in [9.17, 15) is 5.11 Å². The van der Waals surface area contributed by atoms with Gasteiger partial charge in [-0.05, 0) is 6.92 Å². The third kappa shape index (κ3) is 3.42. The molecule has 0 saturated carbocycles. The monoisotopic (exact) mass is 280 g/mol. The van der Waals surface area contributed by atoms with Gasteiger partial charge in [0.25, 0.3) is 0 Å². The maximum Gasteiger partial charge on any atom is 0.240 e. The highest BCUT2D eigenvalue weighted by molar-refractivity contribution is 7.99. The van der Waals surface area contributed by atoms with Crippen molar-refractivity contribution in [3.8, 4) is 5.95 Å². The van der Waals surface area contributed by atoms with Gasteiger partial charge in [0.2, 0.25) is 11.9 Å². The van der Waals surface area contributed by atoms with Crippen molar-refractivity contribution < 1.29 is 5.11 Å². The molecule has 2 atom stereocenters. The Labute approximate surface area is 115 Å². The van der Waals surface area contributed by atoms with Crippen LogP contribution in [-0.4, -0.2) is 48.0 Å². The summed E-state index contributed by atoms with van der Waals surface area (Å²) in [6, 6.07) is 0. The first-order chi connectivity index (χ1) is 9.10. The van der Waals surface area contributed by atoms with Crippen LogP contribution in [0, 0.1) is 0 Å². The molecule has 0 saturated heterocycles. The average Bonchev–Trinajstić information content (AvgIpc) is 2.92. The Morgan fingerprint density at radius 3 is 2.68 bits per heavy atom. The number of nitrogens with one attached hydrogen (secondary N) is 1. The van der Waals surface area contributed by atoms with E-state index < -0.39 is 6.10 Å². The molecule has 0 aliphatic heterocycles. The molecule has 0 fully saturated rings. The highest BCUT2D eigenvalue weighted by Crippen LogP contribution is 2.23. The lowest BCUT2D eigenvalue weighted by atomic mass is 10.3. The number of nitrogens with zero attached hydrogens (tertiary/aromatic N) is 5. The molecule has 2 heterocycles. The van der Waals surface area contributed by atoms with Crippen LogP contribution in [0.3, 0.4) is 0 Å². The lowest BCUT2D eigenvalue weighted by Gasteiger charge is -2.13. The molecule has 2 unspecified atom stereocenters. The van der Waals surface area contributed by atoms with E-state index in [1.54, 1.807) is 37.3 Å². The molecule has 0 amide bonds. The Hall–Kier alpha value is -1.67. The fourth-order valence-electron chi connectivity index (χ4n) is 1.27. The minimum absolute atomic E-state index is 0.00254. The number of thioether (sulfide) groups is 1. The zero-order valence-electron chi connectivity index (χ0n) is 11.0. The molecule has 102 valence electrons. The topological polar surface area (TPSA) is 88.8 Å². The summed E-state index contributed by atoms with van der Waals surface area (Å²) in [6.45, 7) is 3.67. The Morgan fingerprint density at radius 2 is 2.11 bits per heavy atom. The third-order valence-corrected chi connectivity index (χ3v) is 3.69. The van der Waals surface area contributed by atoms with Crippen LogP contribution in [0.1, 0.15) is 13.8 Å². The molecule has 2 N–H and O–H groups in total. The Bertz CT molecular complexity index is 530. The van der Waals surface area contributed by atoms with E-state index in [2.05, 4.69) is 25.3 Å². The van der Waals surface area contributed by atoms with Crippen molar-refractivity contribution in [2.75, 3.05) is 12.4 Å². The van der Waals surface area contributed by atoms with Gasteiger partial charge in [0.1, 0.15) is 6.33 Å². The maximum atomic E-state index is 9.54. The van der Waals surface area contributed by atoms with Crippen molar-refractivity contribution >= 4 is 17.7 Å². The van der Waals surface area contributed by atoms with E-state index in [-0.39, 0.29) is 5.25 Å². The molecule has 2 aromatic heterocycles. The highest BCUT2D eigenvalue weighted by Gasteiger charge is 2.14. The van der Waals surface area contributed by atoms with E-state index in [0.29, 0.717) is 17.1 Å². The van der Waals surface area contributed by atoms with E-state index in [0.717, 1.165) is 0 Å². The van der Waals surface area contributed by atoms with Crippen LogP contribution in [0.25, 0.3) is 5.95 Å². The lowest BCUT2D eigenvalue weighted by molar-refractivity contribution is 0.196. The molecule has 2 aromatic rings. The summed E-state index contributed by atoms with van der Waals surface area (Å²) in [5.74, 6) is 0.983. The van der Waals surface area contributed by atoms with Crippen LogP contribution >= 0.6 is 11.8 Å². The zero-order valence-corrected chi connectivity index (χ0v) is 11.8. The second-order valence-electron chi connectivity index (χ2n) is 4.03. The molecule has 2 rings (SSSR count). The van der Waals surface area contributed by atoms with Crippen LogP contribution in [0.2, 0.25) is 0 Å². The minimum Gasteiger partial charge on any atom is -0.392 e. The van der Waals surface area contributed by atoms with Crippen LogP contribution in [0.15, 0.2) is 23.9 Å². The quantitative estimate of drug-likeness (QED) is 0.788. The number of anilines is 1. The van der Waals surface area contributed by atoms with Crippen molar-refractivity contribution in [2.45, 2.75) is 30.4 Å². The van der Waals surface area contributed by atoms with Crippen LogP contribution in [0.4, 0.5) is 5.95 Å². The molecular formula is C11H16N6OS. The van der Waals surface area contributed by atoms with Crippen molar-refractivity contribution in [3.05, 3.63) is 18.7 Å². The Kier molecular flexibility index (Phi) is 4.33. The van der Waals surface area contributed by atoms with Gasteiger partial charge in [0, 0.05) is 24.7 Å². The molecule has 0 radical (unpaired) electrons. The van der Waals surface area contributed by atoms with Crippen molar-refractivity contribution in [2.24, 2.45) is 0 Å². The first-order valence-electron chi connectivity index (χ1n) is 5.87. The predicted octanol–water partition coefficient (Wildman–Crippen LogP) is 0.960. The fourth-order valence-corrected chi connectivity index (χ4v) is 2.07. The van der Waals surface area contributed by atoms with Crippen LogP contribution in [0.5, 0.6) is 0 Å². The van der Waals surface area contributed by atoms with Gasteiger partial charge in [-0.1, -0.05) is 18.7 Å². The number of hydrogen-bond acceptors (Lipinski definition) is 7. The predicted molar refractivity (Wildman–Crippen MR) is 73.5 cm³/mol. The first kappa shape index (κ1) is 13.8. The molecular weight excluding hydrogens is 264 g/mol. The number of aliphatic hydroxyl groups excluding tert-OH is 1. The second-order valence-corrected chi connectivity index (χ2v) is 5.37. The van der Waals surface area contributed by atoms with Crippen molar-refractivity contribution in [3.63, 3.8) is 0 Å². The van der Waals surface area contributed by atoms with E-state index >= 15 is 0 Å². The smallest absolute Gasteiger partial charge is 0.240 e. The SMILES string of the molecule is CNc1nc(SC(C)C(C)O)nc(-n2ccnc2)n1. The largest absolute Gasteiger partial charge is 0.392 e. The van der Waals surface area contributed by atoms with Gasteiger partial charge in [0.05, 0.1) is 6.10 Å². The number of aliphatic hydroxyl groups is 1. The Balaban J connectivity index is 2.31. The zero-order chi connectivity index (χ0) is 13.8. The minimum atomic E-state index is -0.434. The molecule has 0 aliphatic carbocycles. The second kappa shape index (κ2) is 5.98. The van der Waals surface area contributed by atoms with Gasteiger partial charge < -0.3 is 10.4 Å². The molecule has 7 nitrogen and oxygen atoms in total. The molecule has 0 aromatic carbocycles. The van der Waals surface area contributed by atoms with Crippen LogP contribution < -0.4 is 5.32 Å². The van der Waals surface area contributed by atoms with Gasteiger partial charge >= 0.3 is 0 Å². The molecule has 19 heavy (non-hydrogen) atoms. The molecule has 0 bridgehead atoms. The van der Waals surface area contributed by atoms with Crippen molar-refractivity contribution in [1.29, 1.82) is 0 Å². The first-order valence-corrected chi connectivity index (χ1v) is 6.75. The van der Waals surface area contributed by atoms with Gasteiger partial charge in [-0.2, -0.15) is 15.0 Å². The van der Waals surface area contributed by atoms with Crippen LogP contribution in [-0.2, 0) is 0 Å². The summed E-state index contributed by atoms with van der Waals surface area (Å²) < 4.78 is 1.71. The van der Waals surface area contributed by atoms with Gasteiger partial charge in [-0.25, -0.2) is 4.98 Å². The summed E-state index contributed by atoms with van der Waals surface area (Å²) in [5.41, 5.74) is 0. The summed E-state index contributed by atoms with van der Waals surface area (Å²) in [6.07, 6.45) is 4.62. The average molecular weight is 280 g/mol. The number of imidazole rings is 1. The van der Waals surface area contributed by atoms with Gasteiger partial charge in [0.15, 0.2) is 5.16 Å². The molecule has 8 heteroatoms. The van der Waals surface area contributed by atoms with E-state index in [1.807, 2.05) is 6.92 Å². The molecule has 0 spiro atoms. The van der Waals surface area contributed by atoms with Gasteiger partial charge in [-0.3, -0.25) is 4.57 Å². The normalized spacial score (nSPS) is 14.1. The standard InChI is InChI=1S/C11H16N6OS/c1-7(18)8(2)19-11-15-9(12-3)14-10(16-11)17-5-4-13-6-17/h4-8,18H,1-3H3,(H,12,14,15,16). The summed E-state index contributed by atoms with van der Waals surface area (Å²) in [4.78, 5) is 16.9. The number of rotatable bonds is 5. The summed E-state index contributed by atoms with van der Waals surface area (Å²) in [7, 11) is 1.75. The summed E-state index contributed by atoms with van der Waals surface area (Å²) in [5, 5.41) is 13.0. The Morgan fingerprint density at radius 1 is 1.32 bits per heavy atom. The lowest BCUT2D eigenvalue weighted by Crippen LogP contribution is -2.16. The van der Waals surface area contributed by atoms with E-state index in [1.165, 1.54) is 11.8 Å². The third-order valence-electron chi connectivity index (χ3n) is 2.53. The van der Waals surface area contributed by atoms with E-state index in [4.69, 9.17) is 0 Å². The summed E-state index contributed by atoms with van der Waals surface area (Å²) >= 11 is 1.41. The number of aromatic nitrogens is 5.